The molecular formula is C18H24N3S+. The van der Waals surface area contributed by atoms with Crippen LogP contribution in [0.2, 0.25) is 0 Å². The second-order valence-electron chi connectivity index (χ2n) is 5.69. The Hall–Kier alpha value is -1.91. The number of rotatable bonds is 5. The maximum atomic E-state index is 5.42. The van der Waals surface area contributed by atoms with Crippen LogP contribution in [0.3, 0.4) is 0 Å². The first-order valence-corrected chi connectivity index (χ1v) is 7.94. The number of quaternary nitrogens is 1. The third-order valence-corrected chi connectivity index (χ3v) is 4.01. The molecule has 0 heterocycles. The highest BCUT2D eigenvalue weighted by atomic mass is 32.1. The average Bonchev–Trinajstić information content (AvgIpc) is 2.50. The van der Waals surface area contributed by atoms with Gasteiger partial charge >= 0.3 is 0 Å². The van der Waals surface area contributed by atoms with E-state index in [0.29, 0.717) is 11.2 Å². The topological polar surface area (TPSA) is 28.5 Å². The van der Waals surface area contributed by atoms with E-state index in [-0.39, 0.29) is 0 Å². The van der Waals surface area contributed by atoms with Crippen LogP contribution in [0, 0.1) is 6.92 Å². The van der Waals surface area contributed by atoms with Crippen LogP contribution in [0.4, 0.5) is 5.69 Å². The fraction of sp³-hybridized carbons (Fsp3) is 0.278. The molecule has 0 bridgehead atoms. The zero-order valence-electron chi connectivity index (χ0n) is 13.4. The maximum absolute atomic E-state index is 5.42. The largest absolute Gasteiger partial charge is 0.356 e. The first-order chi connectivity index (χ1) is 10.6. The normalized spacial score (nSPS) is 12.0. The number of hydrogen-bond acceptors (Lipinski definition) is 1. The molecule has 2 rings (SSSR count). The quantitative estimate of drug-likeness (QED) is 0.739. The van der Waals surface area contributed by atoms with Gasteiger partial charge in [0.15, 0.2) is 5.11 Å². The Kier molecular flexibility index (Phi) is 5.92. The minimum atomic E-state index is 0.359. The predicted molar refractivity (Wildman–Crippen MR) is 97.4 cm³/mol. The van der Waals surface area contributed by atoms with Crippen molar-refractivity contribution in [2.75, 3.05) is 26.0 Å². The standard InChI is InChI=1S/C18H23N3S/c1-14-9-7-8-12-16(14)20-18(22)19-13-17(21(2)3)15-10-5-4-6-11-15/h4-12,17H,13H2,1-3H3,(H2,19,20,22)/p+1/t17-/m0/s1. The second kappa shape index (κ2) is 7.92. The summed E-state index contributed by atoms with van der Waals surface area (Å²) in [5.74, 6) is 0. The van der Waals surface area contributed by atoms with Crippen LogP contribution in [0.15, 0.2) is 54.6 Å². The van der Waals surface area contributed by atoms with Crippen LogP contribution in [-0.4, -0.2) is 25.8 Å². The minimum Gasteiger partial charge on any atom is -0.356 e. The highest BCUT2D eigenvalue weighted by Gasteiger charge is 2.17. The molecule has 0 aromatic heterocycles. The summed E-state index contributed by atoms with van der Waals surface area (Å²) in [6.45, 7) is 2.87. The van der Waals surface area contributed by atoms with Gasteiger partial charge in [-0.3, -0.25) is 0 Å². The van der Waals surface area contributed by atoms with Gasteiger partial charge in [-0.2, -0.15) is 0 Å². The monoisotopic (exact) mass is 314 g/mol. The summed E-state index contributed by atoms with van der Waals surface area (Å²) in [5, 5.41) is 7.27. The Morgan fingerprint density at radius 2 is 1.68 bits per heavy atom. The van der Waals surface area contributed by atoms with Gasteiger partial charge in [0.2, 0.25) is 0 Å². The Morgan fingerprint density at radius 3 is 2.32 bits per heavy atom. The molecule has 0 saturated heterocycles. The van der Waals surface area contributed by atoms with Crippen molar-refractivity contribution in [2.45, 2.75) is 13.0 Å². The van der Waals surface area contributed by atoms with Crippen molar-refractivity contribution in [3.63, 3.8) is 0 Å². The number of para-hydroxylation sites is 1. The zero-order valence-corrected chi connectivity index (χ0v) is 14.2. The van der Waals surface area contributed by atoms with E-state index in [4.69, 9.17) is 12.2 Å². The van der Waals surface area contributed by atoms with E-state index in [1.165, 1.54) is 16.0 Å². The number of aryl methyl sites for hydroxylation is 1. The fourth-order valence-electron chi connectivity index (χ4n) is 2.42. The lowest BCUT2D eigenvalue weighted by atomic mass is 10.1. The van der Waals surface area contributed by atoms with Crippen molar-refractivity contribution in [3.8, 4) is 0 Å². The van der Waals surface area contributed by atoms with Crippen molar-refractivity contribution in [2.24, 2.45) is 0 Å². The van der Waals surface area contributed by atoms with Crippen molar-refractivity contribution < 1.29 is 4.90 Å². The lowest BCUT2D eigenvalue weighted by Crippen LogP contribution is -3.07. The molecule has 1 atom stereocenters. The molecule has 116 valence electrons. The number of thiocarbonyl (C=S) groups is 1. The van der Waals surface area contributed by atoms with E-state index >= 15 is 0 Å². The average molecular weight is 314 g/mol. The molecule has 0 saturated carbocycles. The Balaban J connectivity index is 1.95. The van der Waals surface area contributed by atoms with Gasteiger partial charge in [0.1, 0.15) is 6.04 Å². The summed E-state index contributed by atoms with van der Waals surface area (Å²) in [7, 11) is 4.33. The van der Waals surface area contributed by atoms with E-state index in [2.05, 4.69) is 62.0 Å². The Bertz CT molecular complexity index is 611. The smallest absolute Gasteiger partial charge is 0.171 e. The van der Waals surface area contributed by atoms with Gasteiger partial charge in [-0.25, -0.2) is 0 Å². The van der Waals surface area contributed by atoms with Crippen LogP contribution in [0.25, 0.3) is 0 Å². The first kappa shape index (κ1) is 16.5. The summed E-state index contributed by atoms with van der Waals surface area (Å²) in [5.41, 5.74) is 3.55. The predicted octanol–water partition coefficient (Wildman–Crippen LogP) is 2.17. The summed E-state index contributed by atoms with van der Waals surface area (Å²) in [6.07, 6.45) is 0. The molecule has 0 aliphatic heterocycles. The van der Waals surface area contributed by atoms with Crippen LogP contribution in [-0.2, 0) is 0 Å². The molecule has 0 aliphatic carbocycles. The zero-order chi connectivity index (χ0) is 15.9. The molecule has 0 fully saturated rings. The Morgan fingerprint density at radius 1 is 1.05 bits per heavy atom. The highest BCUT2D eigenvalue weighted by molar-refractivity contribution is 7.80. The molecule has 4 heteroatoms. The minimum absolute atomic E-state index is 0.359. The fourth-order valence-corrected chi connectivity index (χ4v) is 2.61. The van der Waals surface area contributed by atoms with E-state index in [9.17, 15) is 0 Å². The summed E-state index contributed by atoms with van der Waals surface area (Å²) >= 11 is 5.42. The summed E-state index contributed by atoms with van der Waals surface area (Å²) < 4.78 is 0. The number of benzene rings is 2. The van der Waals surface area contributed by atoms with Crippen LogP contribution >= 0.6 is 12.2 Å². The second-order valence-corrected chi connectivity index (χ2v) is 6.10. The number of likely N-dealkylation sites (N-methyl/N-ethyl adjacent to an activating group) is 1. The molecule has 2 aromatic carbocycles. The lowest BCUT2D eigenvalue weighted by Gasteiger charge is -2.23. The van der Waals surface area contributed by atoms with Crippen molar-refractivity contribution in [3.05, 3.63) is 65.7 Å². The number of anilines is 1. The van der Waals surface area contributed by atoms with E-state index in [0.717, 1.165) is 12.2 Å². The molecule has 22 heavy (non-hydrogen) atoms. The summed E-state index contributed by atoms with van der Waals surface area (Å²) in [4.78, 5) is 1.37. The lowest BCUT2D eigenvalue weighted by molar-refractivity contribution is -0.890. The molecular weight excluding hydrogens is 290 g/mol. The van der Waals surface area contributed by atoms with E-state index < -0.39 is 0 Å². The molecule has 0 unspecified atom stereocenters. The molecule has 0 aliphatic rings. The number of hydrogen-bond donors (Lipinski definition) is 3. The van der Waals surface area contributed by atoms with Gasteiger partial charge in [-0.1, -0.05) is 48.5 Å². The SMILES string of the molecule is Cc1ccccc1NC(=S)NC[C@@H](c1ccccc1)[NH+](C)C. The van der Waals surface area contributed by atoms with E-state index in [1.807, 2.05) is 24.3 Å². The van der Waals surface area contributed by atoms with Gasteiger partial charge in [0.05, 0.1) is 20.6 Å². The van der Waals surface area contributed by atoms with Crippen molar-refractivity contribution >= 4 is 23.0 Å². The molecule has 2 aromatic rings. The molecule has 0 radical (unpaired) electrons. The van der Waals surface area contributed by atoms with Gasteiger partial charge in [-0.15, -0.1) is 0 Å². The molecule has 0 spiro atoms. The van der Waals surface area contributed by atoms with Crippen molar-refractivity contribution in [1.82, 2.24) is 5.32 Å². The Labute approximate surface area is 138 Å². The first-order valence-electron chi connectivity index (χ1n) is 7.53. The third-order valence-electron chi connectivity index (χ3n) is 3.76. The van der Waals surface area contributed by atoms with Gasteiger partial charge in [0.25, 0.3) is 0 Å². The van der Waals surface area contributed by atoms with Gasteiger partial charge < -0.3 is 15.5 Å². The number of nitrogens with one attached hydrogen (secondary N) is 3. The van der Waals surface area contributed by atoms with Crippen LogP contribution in [0.5, 0.6) is 0 Å². The summed E-state index contributed by atoms with van der Waals surface area (Å²) in [6, 6.07) is 19.0. The molecule has 3 N–H and O–H groups in total. The van der Waals surface area contributed by atoms with Gasteiger partial charge in [0, 0.05) is 11.3 Å². The molecule has 3 nitrogen and oxygen atoms in total. The van der Waals surface area contributed by atoms with E-state index in [1.54, 1.807) is 0 Å². The van der Waals surface area contributed by atoms with Gasteiger partial charge in [-0.05, 0) is 30.8 Å². The van der Waals surface area contributed by atoms with Crippen molar-refractivity contribution in [1.29, 1.82) is 0 Å². The van der Waals surface area contributed by atoms with Crippen LogP contribution < -0.4 is 15.5 Å². The maximum Gasteiger partial charge on any atom is 0.171 e. The molecule has 0 amide bonds. The third kappa shape index (κ3) is 4.55. The van der Waals surface area contributed by atoms with Crippen LogP contribution in [0.1, 0.15) is 17.2 Å². The highest BCUT2D eigenvalue weighted by Crippen LogP contribution is 2.13.